The molecule has 2 atom stereocenters. The summed E-state index contributed by atoms with van der Waals surface area (Å²) in [6.07, 6.45) is 1.03. The molecule has 0 unspecified atom stereocenters. The first-order valence-electron chi connectivity index (χ1n) is 6.72. The minimum absolute atomic E-state index is 0.0290. The molecule has 19 heavy (non-hydrogen) atoms. The van der Waals surface area contributed by atoms with E-state index in [9.17, 15) is 9.59 Å². The maximum absolute atomic E-state index is 12.1. The highest BCUT2D eigenvalue weighted by atomic mass is 16.6. The monoisotopic (exact) mass is 273 g/mol. The molecule has 0 aromatic carbocycles. The number of carbonyl (C=O) groups is 2. The van der Waals surface area contributed by atoms with Gasteiger partial charge in [0.1, 0.15) is 11.6 Å². The van der Waals surface area contributed by atoms with Crippen LogP contribution >= 0.6 is 0 Å². The highest BCUT2D eigenvalue weighted by Crippen LogP contribution is 2.14. The fourth-order valence-electron chi connectivity index (χ4n) is 1.47. The Morgan fingerprint density at radius 2 is 1.84 bits per heavy atom. The van der Waals surface area contributed by atoms with E-state index in [4.69, 9.17) is 9.47 Å². The van der Waals surface area contributed by atoms with E-state index >= 15 is 0 Å². The van der Waals surface area contributed by atoms with E-state index in [-0.39, 0.29) is 24.2 Å². The summed E-state index contributed by atoms with van der Waals surface area (Å²) in [5.74, 6) is -0.549. The molecule has 0 rings (SSSR count). The van der Waals surface area contributed by atoms with Gasteiger partial charge in [-0.1, -0.05) is 20.3 Å². The van der Waals surface area contributed by atoms with Crippen molar-refractivity contribution < 1.29 is 19.1 Å². The summed E-state index contributed by atoms with van der Waals surface area (Å²) in [5, 5.41) is 2.73. The van der Waals surface area contributed by atoms with Gasteiger partial charge in [-0.2, -0.15) is 0 Å². The lowest BCUT2D eigenvalue weighted by molar-refractivity contribution is -0.160. The van der Waals surface area contributed by atoms with E-state index in [0.29, 0.717) is 6.61 Å². The lowest BCUT2D eigenvalue weighted by atomic mass is 9.98. The predicted molar refractivity (Wildman–Crippen MR) is 73.7 cm³/mol. The zero-order valence-electron chi connectivity index (χ0n) is 12.9. The maximum Gasteiger partial charge on any atom is 0.329 e. The number of ether oxygens (including phenoxy) is 2. The van der Waals surface area contributed by atoms with E-state index in [1.165, 1.54) is 7.11 Å². The first kappa shape index (κ1) is 17.9. The molecule has 0 fully saturated rings. The maximum atomic E-state index is 12.1. The van der Waals surface area contributed by atoms with Crippen LogP contribution in [-0.4, -0.2) is 37.2 Å². The van der Waals surface area contributed by atoms with Crippen molar-refractivity contribution in [2.45, 2.75) is 59.1 Å². The summed E-state index contributed by atoms with van der Waals surface area (Å²) in [4.78, 5) is 23.8. The van der Waals surface area contributed by atoms with Crippen LogP contribution < -0.4 is 5.32 Å². The fourth-order valence-corrected chi connectivity index (χ4v) is 1.47. The second-order valence-corrected chi connectivity index (χ2v) is 5.71. The van der Waals surface area contributed by atoms with Crippen LogP contribution in [0, 0.1) is 5.92 Å². The van der Waals surface area contributed by atoms with Gasteiger partial charge in [0, 0.05) is 13.5 Å². The Hall–Kier alpha value is -1.10. The minimum Gasteiger partial charge on any atom is -0.458 e. The van der Waals surface area contributed by atoms with Crippen molar-refractivity contribution in [3.63, 3.8) is 0 Å². The Morgan fingerprint density at radius 1 is 1.26 bits per heavy atom. The zero-order chi connectivity index (χ0) is 15.1. The highest BCUT2D eigenvalue weighted by Gasteiger charge is 2.30. The van der Waals surface area contributed by atoms with Gasteiger partial charge >= 0.3 is 5.97 Å². The number of amides is 1. The second-order valence-electron chi connectivity index (χ2n) is 5.71. The number of rotatable bonds is 7. The molecule has 0 saturated carbocycles. The lowest BCUT2D eigenvalue weighted by Gasteiger charge is -2.27. The molecule has 0 aromatic heterocycles. The number of esters is 1. The molecule has 0 saturated heterocycles. The largest absolute Gasteiger partial charge is 0.458 e. The quantitative estimate of drug-likeness (QED) is 0.719. The topological polar surface area (TPSA) is 64.6 Å². The normalized spacial score (nSPS) is 14.6. The highest BCUT2D eigenvalue weighted by molar-refractivity contribution is 5.84. The van der Waals surface area contributed by atoms with Crippen molar-refractivity contribution in [3.8, 4) is 0 Å². The van der Waals surface area contributed by atoms with Crippen LogP contribution in [0.4, 0.5) is 0 Å². The molecule has 0 aliphatic heterocycles. The van der Waals surface area contributed by atoms with Crippen LogP contribution in [0.5, 0.6) is 0 Å². The van der Waals surface area contributed by atoms with E-state index in [1.807, 2.05) is 34.6 Å². The Morgan fingerprint density at radius 3 is 2.26 bits per heavy atom. The van der Waals surface area contributed by atoms with Gasteiger partial charge < -0.3 is 14.8 Å². The fraction of sp³-hybridized carbons (Fsp3) is 0.857. The number of methoxy groups -OCH3 is 1. The molecule has 0 spiro atoms. The number of hydrogen-bond donors (Lipinski definition) is 1. The number of carbonyl (C=O) groups excluding carboxylic acids is 2. The summed E-state index contributed by atoms with van der Waals surface area (Å²) in [7, 11) is 1.54. The molecule has 0 aliphatic carbocycles. The SMILES string of the molecule is CC[C@H](C)[C@H](NC(=O)CCOC)C(=O)OC(C)(C)C. The van der Waals surface area contributed by atoms with Crippen molar-refractivity contribution in [2.24, 2.45) is 5.92 Å². The van der Waals surface area contributed by atoms with Gasteiger partial charge in [-0.3, -0.25) is 4.79 Å². The number of hydrogen-bond acceptors (Lipinski definition) is 4. The third-order valence-electron chi connectivity index (χ3n) is 2.72. The van der Waals surface area contributed by atoms with Crippen LogP contribution in [0.3, 0.4) is 0 Å². The molecule has 5 heteroatoms. The van der Waals surface area contributed by atoms with Crippen LogP contribution in [0.2, 0.25) is 0 Å². The van der Waals surface area contributed by atoms with Gasteiger partial charge in [0.2, 0.25) is 5.91 Å². The van der Waals surface area contributed by atoms with Crippen molar-refractivity contribution in [1.82, 2.24) is 5.32 Å². The third kappa shape index (κ3) is 7.82. The average Bonchev–Trinajstić information content (AvgIpc) is 2.30. The molecule has 0 bridgehead atoms. The summed E-state index contributed by atoms with van der Waals surface area (Å²) in [6.45, 7) is 9.67. The van der Waals surface area contributed by atoms with Gasteiger partial charge in [-0.05, 0) is 26.7 Å². The van der Waals surface area contributed by atoms with Crippen LogP contribution in [0.15, 0.2) is 0 Å². The first-order chi connectivity index (χ1) is 8.71. The second kappa shape index (κ2) is 8.15. The standard InChI is InChI=1S/C14H27NO4/c1-7-10(2)12(13(17)19-14(3,4)5)15-11(16)8-9-18-6/h10,12H,7-9H2,1-6H3,(H,15,16)/t10-,12-/m0/s1. The molecule has 1 amide bonds. The average molecular weight is 273 g/mol. The Bertz CT molecular complexity index is 296. The molecule has 0 radical (unpaired) electrons. The van der Waals surface area contributed by atoms with Crippen molar-refractivity contribution in [1.29, 1.82) is 0 Å². The molecular formula is C14H27NO4. The Kier molecular flexibility index (Phi) is 7.68. The lowest BCUT2D eigenvalue weighted by Crippen LogP contribution is -2.48. The molecule has 0 aliphatic rings. The molecule has 1 N–H and O–H groups in total. The van der Waals surface area contributed by atoms with Gasteiger partial charge in [0.15, 0.2) is 0 Å². The van der Waals surface area contributed by atoms with Gasteiger partial charge in [-0.25, -0.2) is 4.79 Å². The zero-order valence-corrected chi connectivity index (χ0v) is 12.9. The van der Waals surface area contributed by atoms with Gasteiger partial charge in [0.25, 0.3) is 0 Å². The first-order valence-corrected chi connectivity index (χ1v) is 6.72. The molecule has 0 heterocycles. The molecule has 0 aromatic rings. The van der Waals surface area contributed by atoms with Crippen molar-refractivity contribution >= 4 is 11.9 Å². The smallest absolute Gasteiger partial charge is 0.329 e. The minimum atomic E-state index is -0.603. The summed E-state index contributed by atoms with van der Waals surface area (Å²) < 4.78 is 10.2. The Labute approximate surface area is 116 Å². The number of nitrogens with one attached hydrogen (secondary N) is 1. The van der Waals surface area contributed by atoms with Crippen LogP contribution in [-0.2, 0) is 19.1 Å². The molecule has 112 valence electrons. The summed E-state index contributed by atoms with van der Waals surface area (Å²) in [5.41, 5.74) is -0.556. The third-order valence-corrected chi connectivity index (χ3v) is 2.72. The van der Waals surface area contributed by atoms with Crippen molar-refractivity contribution in [3.05, 3.63) is 0 Å². The molecule has 5 nitrogen and oxygen atoms in total. The van der Waals surface area contributed by atoms with E-state index < -0.39 is 11.6 Å². The van der Waals surface area contributed by atoms with E-state index in [0.717, 1.165) is 6.42 Å². The van der Waals surface area contributed by atoms with Gasteiger partial charge in [0.05, 0.1) is 6.61 Å². The van der Waals surface area contributed by atoms with Gasteiger partial charge in [-0.15, -0.1) is 0 Å². The summed E-state index contributed by atoms with van der Waals surface area (Å²) in [6, 6.07) is -0.603. The molecular weight excluding hydrogens is 246 g/mol. The van der Waals surface area contributed by atoms with Crippen LogP contribution in [0.25, 0.3) is 0 Å². The van der Waals surface area contributed by atoms with Crippen LogP contribution in [0.1, 0.15) is 47.5 Å². The van der Waals surface area contributed by atoms with E-state index in [1.54, 1.807) is 0 Å². The van der Waals surface area contributed by atoms with E-state index in [2.05, 4.69) is 5.32 Å². The summed E-state index contributed by atoms with van der Waals surface area (Å²) >= 11 is 0. The van der Waals surface area contributed by atoms with Crippen molar-refractivity contribution in [2.75, 3.05) is 13.7 Å². The predicted octanol–water partition coefficient (Wildman–Crippen LogP) is 1.90. The Balaban J connectivity index is 4.63.